The molecule has 0 aromatic carbocycles. The molecule has 0 saturated carbocycles. The van der Waals surface area contributed by atoms with E-state index in [0.29, 0.717) is 11.8 Å². The molecular formula is C11H21N3S. The van der Waals surface area contributed by atoms with Crippen molar-refractivity contribution in [1.29, 1.82) is 0 Å². The average molecular weight is 227 g/mol. The Bertz CT molecular complexity index is 283. The van der Waals surface area contributed by atoms with Crippen LogP contribution in [0.2, 0.25) is 0 Å². The summed E-state index contributed by atoms with van der Waals surface area (Å²) >= 11 is 1.71. The average Bonchev–Trinajstić information content (AvgIpc) is 2.58. The van der Waals surface area contributed by atoms with Crippen LogP contribution in [0, 0.1) is 18.8 Å². The number of hydrogen-bond acceptors (Lipinski definition) is 4. The lowest BCUT2D eigenvalue weighted by Gasteiger charge is -2.19. The van der Waals surface area contributed by atoms with Crippen molar-refractivity contribution in [3.8, 4) is 0 Å². The molecule has 4 heteroatoms. The first kappa shape index (κ1) is 12.6. The van der Waals surface area contributed by atoms with E-state index in [1.54, 1.807) is 11.3 Å². The molecule has 0 aliphatic heterocycles. The molecule has 1 heterocycles. The zero-order chi connectivity index (χ0) is 11.3. The van der Waals surface area contributed by atoms with Gasteiger partial charge in [0.2, 0.25) is 0 Å². The molecule has 0 aliphatic carbocycles. The lowest BCUT2D eigenvalue weighted by molar-refractivity contribution is 0.371. The van der Waals surface area contributed by atoms with Crippen LogP contribution < -0.4 is 11.1 Å². The van der Waals surface area contributed by atoms with E-state index >= 15 is 0 Å². The maximum atomic E-state index is 5.71. The minimum absolute atomic E-state index is 0.568. The number of nitrogens with zero attached hydrogens (tertiary/aromatic N) is 1. The number of thiazole rings is 1. The first-order valence-electron chi connectivity index (χ1n) is 5.45. The van der Waals surface area contributed by atoms with E-state index in [1.807, 2.05) is 5.51 Å². The zero-order valence-corrected chi connectivity index (χ0v) is 10.6. The van der Waals surface area contributed by atoms with E-state index < -0.39 is 0 Å². The fourth-order valence-electron chi connectivity index (χ4n) is 1.46. The molecule has 0 spiro atoms. The van der Waals surface area contributed by atoms with E-state index in [9.17, 15) is 0 Å². The molecule has 1 rings (SSSR count). The number of nitrogens with one attached hydrogen (secondary N) is 1. The van der Waals surface area contributed by atoms with Crippen LogP contribution in [0.15, 0.2) is 5.51 Å². The molecule has 1 aromatic rings. The van der Waals surface area contributed by atoms with Crippen molar-refractivity contribution < 1.29 is 0 Å². The standard InChI is InChI=1S/C11H21N3S/c1-8(2)10(4-12)5-13-6-11-9(3)14-7-15-11/h7-8,10,13H,4-6,12H2,1-3H3. The highest BCUT2D eigenvalue weighted by Gasteiger charge is 2.10. The Labute approximate surface area is 96.1 Å². The van der Waals surface area contributed by atoms with Gasteiger partial charge in [0.25, 0.3) is 0 Å². The number of rotatable bonds is 6. The van der Waals surface area contributed by atoms with Gasteiger partial charge in [0.1, 0.15) is 0 Å². The maximum Gasteiger partial charge on any atom is 0.0798 e. The summed E-state index contributed by atoms with van der Waals surface area (Å²) in [6.07, 6.45) is 0. The van der Waals surface area contributed by atoms with Crippen LogP contribution in [-0.2, 0) is 6.54 Å². The number of aryl methyl sites for hydroxylation is 1. The summed E-state index contributed by atoms with van der Waals surface area (Å²) in [5.74, 6) is 1.21. The van der Waals surface area contributed by atoms with Crippen LogP contribution in [0.1, 0.15) is 24.4 Å². The lowest BCUT2D eigenvalue weighted by Crippen LogP contribution is -2.31. The summed E-state index contributed by atoms with van der Waals surface area (Å²) in [6, 6.07) is 0. The van der Waals surface area contributed by atoms with Gasteiger partial charge in [0.05, 0.1) is 11.2 Å². The summed E-state index contributed by atoms with van der Waals surface area (Å²) in [5, 5.41) is 3.45. The molecule has 0 bridgehead atoms. The second kappa shape index (κ2) is 6.20. The minimum Gasteiger partial charge on any atom is -0.330 e. The SMILES string of the molecule is Cc1ncsc1CNCC(CN)C(C)C. The van der Waals surface area contributed by atoms with Crippen LogP contribution in [0.5, 0.6) is 0 Å². The normalized spacial score (nSPS) is 13.4. The highest BCUT2D eigenvalue weighted by molar-refractivity contribution is 7.09. The Morgan fingerprint density at radius 3 is 2.73 bits per heavy atom. The van der Waals surface area contributed by atoms with E-state index in [1.165, 1.54) is 4.88 Å². The van der Waals surface area contributed by atoms with Crippen molar-refractivity contribution >= 4 is 11.3 Å². The second-order valence-corrected chi connectivity index (χ2v) is 5.17. The first-order chi connectivity index (χ1) is 7.15. The van der Waals surface area contributed by atoms with Crippen LogP contribution in [0.4, 0.5) is 0 Å². The van der Waals surface area contributed by atoms with Gasteiger partial charge < -0.3 is 11.1 Å². The van der Waals surface area contributed by atoms with Crippen molar-refractivity contribution in [1.82, 2.24) is 10.3 Å². The third kappa shape index (κ3) is 3.89. The van der Waals surface area contributed by atoms with Crippen molar-refractivity contribution in [3.63, 3.8) is 0 Å². The van der Waals surface area contributed by atoms with E-state index in [-0.39, 0.29) is 0 Å². The third-order valence-electron chi connectivity index (χ3n) is 2.78. The molecule has 1 aromatic heterocycles. The highest BCUT2D eigenvalue weighted by atomic mass is 32.1. The number of hydrogen-bond donors (Lipinski definition) is 2. The lowest BCUT2D eigenvalue weighted by atomic mass is 9.96. The smallest absolute Gasteiger partial charge is 0.0798 e. The molecule has 3 nitrogen and oxygen atoms in total. The predicted molar refractivity (Wildman–Crippen MR) is 65.9 cm³/mol. The molecule has 1 unspecified atom stereocenters. The van der Waals surface area contributed by atoms with Crippen LogP contribution >= 0.6 is 11.3 Å². The van der Waals surface area contributed by atoms with Crippen molar-refractivity contribution in [2.45, 2.75) is 27.3 Å². The Balaban J connectivity index is 2.29. The summed E-state index contributed by atoms with van der Waals surface area (Å²) in [6.45, 7) is 9.16. The van der Waals surface area contributed by atoms with E-state index in [2.05, 4.69) is 31.1 Å². The van der Waals surface area contributed by atoms with E-state index in [0.717, 1.165) is 25.3 Å². The van der Waals surface area contributed by atoms with Gasteiger partial charge >= 0.3 is 0 Å². The Kier molecular flexibility index (Phi) is 5.22. The number of nitrogens with two attached hydrogens (primary N) is 1. The molecule has 0 saturated heterocycles. The topological polar surface area (TPSA) is 50.9 Å². The van der Waals surface area contributed by atoms with E-state index in [4.69, 9.17) is 5.73 Å². The van der Waals surface area contributed by atoms with Gasteiger partial charge in [0.15, 0.2) is 0 Å². The van der Waals surface area contributed by atoms with Gasteiger partial charge in [0, 0.05) is 11.4 Å². The van der Waals surface area contributed by atoms with Crippen LogP contribution in [0.25, 0.3) is 0 Å². The fourth-order valence-corrected chi connectivity index (χ4v) is 2.20. The Morgan fingerprint density at radius 2 is 2.27 bits per heavy atom. The summed E-state index contributed by atoms with van der Waals surface area (Å²) < 4.78 is 0. The quantitative estimate of drug-likeness (QED) is 0.779. The largest absolute Gasteiger partial charge is 0.330 e. The van der Waals surface area contributed by atoms with Crippen molar-refractivity contribution in [3.05, 3.63) is 16.1 Å². The van der Waals surface area contributed by atoms with Gasteiger partial charge in [-0.25, -0.2) is 4.98 Å². The van der Waals surface area contributed by atoms with Crippen molar-refractivity contribution in [2.24, 2.45) is 17.6 Å². The molecule has 1 atom stereocenters. The zero-order valence-electron chi connectivity index (χ0n) is 9.79. The number of aromatic nitrogens is 1. The summed E-state index contributed by atoms with van der Waals surface area (Å²) in [5.41, 5.74) is 8.75. The molecular weight excluding hydrogens is 206 g/mol. The molecule has 0 aliphatic rings. The van der Waals surface area contributed by atoms with Gasteiger partial charge in [-0.15, -0.1) is 11.3 Å². The maximum absolute atomic E-state index is 5.71. The third-order valence-corrected chi connectivity index (χ3v) is 3.72. The van der Waals surface area contributed by atoms with Gasteiger partial charge in [-0.05, 0) is 31.8 Å². The Morgan fingerprint density at radius 1 is 1.53 bits per heavy atom. The van der Waals surface area contributed by atoms with Crippen molar-refractivity contribution in [2.75, 3.05) is 13.1 Å². The highest BCUT2D eigenvalue weighted by Crippen LogP contribution is 2.12. The molecule has 3 N–H and O–H groups in total. The van der Waals surface area contributed by atoms with Gasteiger partial charge in [-0.2, -0.15) is 0 Å². The van der Waals surface area contributed by atoms with Gasteiger partial charge in [-0.1, -0.05) is 13.8 Å². The molecule has 0 fully saturated rings. The first-order valence-corrected chi connectivity index (χ1v) is 6.32. The monoisotopic (exact) mass is 227 g/mol. The minimum atomic E-state index is 0.568. The second-order valence-electron chi connectivity index (χ2n) is 4.23. The summed E-state index contributed by atoms with van der Waals surface area (Å²) in [4.78, 5) is 5.55. The molecule has 15 heavy (non-hydrogen) atoms. The van der Waals surface area contributed by atoms with Crippen LogP contribution in [0.3, 0.4) is 0 Å². The Hall–Kier alpha value is -0.450. The molecule has 0 amide bonds. The fraction of sp³-hybridized carbons (Fsp3) is 0.727. The predicted octanol–water partition coefficient (Wildman–Crippen LogP) is 1.77. The summed E-state index contributed by atoms with van der Waals surface area (Å²) in [7, 11) is 0. The molecule has 0 radical (unpaired) electrons. The van der Waals surface area contributed by atoms with Crippen LogP contribution in [-0.4, -0.2) is 18.1 Å². The molecule has 86 valence electrons. The van der Waals surface area contributed by atoms with Gasteiger partial charge in [-0.3, -0.25) is 0 Å².